The van der Waals surface area contributed by atoms with Crippen LogP contribution in [0, 0.1) is 0 Å². The highest BCUT2D eigenvalue weighted by atomic mass is 15.3. The number of hydrogen-bond donors (Lipinski definition) is 0. The van der Waals surface area contributed by atoms with Gasteiger partial charge in [-0.1, -0.05) is 24.3 Å². The molecule has 0 aliphatic carbocycles. The molecule has 0 unspecified atom stereocenters. The molecular weight excluding hydrogens is 224 g/mol. The molecule has 1 aromatic carbocycles. The number of aromatic nitrogens is 3. The molecule has 0 radical (unpaired) electrons. The molecule has 2 rings (SSSR count). The zero-order valence-corrected chi connectivity index (χ0v) is 11.1. The van der Waals surface area contributed by atoms with E-state index in [-0.39, 0.29) is 0 Å². The van der Waals surface area contributed by atoms with E-state index in [0.29, 0.717) is 0 Å². The number of hydrogen-bond acceptors (Lipinski definition) is 3. The van der Waals surface area contributed by atoms with Crippen molar-refractivity contribution in [3.63, 3.8) is 0 Å². The van der Waals surface area contributed by atoms with Crippen molar-refractivity contribution in [2.45, 2.75) is 19.4 Å². The molecule has 96 valence electrons. The summed E-state index contributed by atoms with van der Waals surface area (Å²) in [7, 11) is 4.22. The molecule has 0 N–H and O–H groups in total. The Morgan fingerprint density at radius 2 is 2.06 bits per heavy atom. The van der Waals surface area contributed by atoms with E-state index in [1.54, 1.807) is 12.7 Å². The molecular formula is C14H20N4. The van der Waals surface area contributed by atoms with Crippen molar-refractivity contribution in [2.75, 3.05) is 20.6 Å². The predicted molar refractivity (Wildman–Crippen MR) is 72.4 cm³/mol. The van der Waals surface area contributed by atoms with Gasteiger partial charge < -0.3 is 4.90 Å². The van der Waals surface area contributed by atoms with Crippen molar-refractivity contribution in [1.29, 1.82) is 0 Å². The molecule has 0 amide bonds. The second-order valence-electron chi connectivity index (χ2n) is 4.82. The van der Waals surface area contributed by atoms with E-state index in [1.165, 1.54) is 17.5 Å². The fraction of sp³-hybridized carbons (Fsp3) is 0.429. The first-order valence-corrected chi connectivity index (χ1v) is 6.29. The van der Waals surface area contributed by atoms with Crippen LogP contribution in [-0.4, -0.2) is 40.3 Å². The fourth-order valence-corrected chi connectivity index (χ4v) is 1.98. The Morgan fingerprint density at radius 1 is 1.22 bits per heavy atom. The minimum Gasteiger partial charge on any atom is -0.309 e. The third-order valence-corrected chi connectivity index (χ3v) is 2.87. The molecule has 0 fully saturated rings. The van der Waals surface area contributed by atoms with E-state index in [1.807, 2.05) is 4.68 Å². The van der Waals surface area contributed by atoms with Gasteiger partial charge in [0.05, 0.1) is 6.54 Å². The van der Waals surface area contributed by atoms with Gasteiger partial charge in [0.2, 0.25) is 0 Å². The summed E-state index contributed by atoms with van der Waals surface area (Å²) in [6.07, 6.45) is 5.64. The van der Waals surface area contributed by atoms with E-state index in [4.69, 9.17) is 0 Å². The van der Waals surface area contributed by atoms with Crippen molar-refractivity contribution >= 4 is 0 Å². The first kappa shape index (κ1) is 12.8. The average Bonchev–Trinajstić information content (AvgIpc) is 2.82. The maximum atomic E-state index is 4.13. The Bertz CT molecular complexity index is 462. The van der Waals surface area contributed by atoms with Gasteiger partial charge in [-0.05, 0) is 44.6 Å². The van der Waals surface area contributed by atoms with E-state index in [2.05, 4.69) is 53.3 Å². The Morgan fingerprint density at radius 3 is 2.78 bits per heavy atom. The molecule has 0 aliphatic rings. The molecule has 0 saturated heterocycles. The van der Waals surface area contributed by atoms with Crippen molar-refractivity contribution < 1.29 is 0 Å². The molecule has 4 heteroatoms. The summed E-state index contributed by atoms with van der Waals surface area (Å²) in [5, 5.41) is 4.13. The average molecular weight is 244 g/mol. The highest BCUT2D eigenvalue weighted by molar-refractivity contribution is 5.23. The lowest BCUT2D eigenvalue weighted by molar-refractivity contribution is 0.400. The second-order valence-corrected chi connectivity index (χ2v) is 4.82. The Hall–Kier alpha value is -1.68. The van der Waals surface area contributed by atoms with Crippen LogP contribution in [-0.2, 0) is 13.0 Å². The maximum absolute atomic E-state index is 4.13. The van der Waals surface area contributed by atoms with Crippen LogP contribution < -0.4 is 0 Å². The number of nitrogens with zero attached hydrogens (tertiary/aromatic N) is 4. The molecule has 18 heavy (non-hydrogen) atoms. The van der Waals surface area contributed by atoms with Crippen molar-refractivity contribution in [1.82, 2.24) is 19.7 Å². The van der Waals surface area contributed by atoms with Crippen LogP contribution in [0.3, 0.4) is 0 Å². The van der Waals surface area contributed by atoms with Crippen molar-refractivity contribution in [2.24, 2.45) is 0 Å². The van der Waals surface area contributed by atoms with Gasteiger partial charge in [-0.25, -0.2) is 9.67 Å². The van der Waals surface area contributed by atoms with Crippen molar-refractivity contribution in [3.05, 3.63) is 48.0 Å². The lowest BCUT2D eigenvalue weighted by atomic mass is 10.1. The van der Waals surface area contributed by atoms with Gasteiger partial charge in [-0.3, -0.25) is 0 Å². The number of rotatable bonds is 6. The van der Waals surface area contributed by atoms with Gasteiger partial charge in [0, 0.05) is 0 Å². The zero-order valence-electron chi connectivity index (χ0n) is 11.1. The van der Waals surface area contributed by atoms with Crippen LogP contribution >= 0.6 is 0 Å². The van der Waals surface area contributed by atoms with Gasteiger partial charge in [-0.15, -0.1) is 0 Å². The summed E-state index contributed by atoms with van der Waals surface area (Å²) in [6, 6.07) is 8.71. The molecule has 0 aliphatic heterocycles. The van der Waals surface area contributed by atoms with Gasteiger partial charge >= 0.3 is 0 Å². The first-order chi connectivity index (χ1) is 8.74. The molecule has 1 aromatic heterocycles. The minimum atomic E-state index is 0.793. The molecule has 2 aromatic rings. The minimum absolute atomic E-state index is 0.793. The van der Waals surface area contributed by atoms with E-state index < -0.39 is 0 Å². The second kappa shape index (κ2) is 6.31. The van der Waals surface area contributed by atoms with Gasteiger partial charge in [0.15, 0.2) is 0 Å². The van der Waals surface area contributed by atoms with Gasteiger partial charge in [0.25, 0.3) is 0 Å². The smallest absolute Gasteiger partial charge is 0.137 e. The Balaban J connectivity index is 1.92. The summed E-state index contributed by atoms with van der Waals surface area (Å²) in [4.78, 5) is 6.18. The summed E-state index contributed by atoms with van der Waals surface area (Å²) in [5.74, 6) is 0. The highest BCUT2D eigenvalue weighted by Crippen LogP contribution is 2.09. The summed E-state index contributed by atoms with van der Waals surface area (Å²) < 4.78 is 1.85. The standard InChI is InChI=1S/C14H20N4/c1-17(2)8-4-7-13-5-3-6-14(9-13)10-18-12-15-11-16-18/h3,5-6,9,11-12H,4,7-8,10H2,1-2H3. The molecule has 0 bridgehead atoms. The Labute approximate surface area is 108 Å². The number of benzene rings is 1. The molecule has 0 spiro atoms. The lowest BCUT2D eigenvalue weighted by Gasteiger charge is -2.09. The summed E-state index contributed by atoms with van der Waals surface area (Å²) in [5.41, 5.74) is 2.68. The predicted octanol–water partition coefficient (Wildman–Crippen LogP) is 1.82. The van der Waals surface area contributed by atoms with Crippen LogP contribution in [0.4, 0.5) is 0 Å². The topological polar surface area (TPSA) is 34.0 Å². The molecule has 0 atom stereocenters. The van der Waals surface area contributed by atoms with Crippen LogP contribution in [0.15, 0.2) is 36.9 Å². The molecule has 4 nitrogen and oxygen atoms in total. The van der Waals surface area contributed by atoms with Crippen LogP contribution in [0.5, 0.6) is 0 Å². The quantitative estimate of drug-likeness (QED) is 0.777. The SMILES string of the molecule is CN(C)CCCc1cccc(Cn2cncn2)c1. The van der Waals surface area contributed by atoms with Gasteiger partial charge in [0.1, 0.15) is 12.7 Å². The van der Waals surface area contributed by atoms with E-state index >= 15 is 0 Å². The van der Waals surface area contributed by atoms with Crippen LogP contribution in [0.2, 0.25) is 0 Å². The number of aryl methyl sites for hydroxylation is 1. The fourth-order valence-electron chi connectivity index (χ4n) is 1.98. The van der Waals surface area contributed by atoms with Crippen molar-refractivity contribution in [3.8, 4) is 0 Å². The normalized spacial score (nSPS) is 11.1. The molecule has 1 heterocycles. The maximum Gasteiger partial charge on any atom is 0.137 e. The summed E-state index contributed by atoms with van der Waals surface area (Å²) in [6.45, 7) is 1.93. The van der Waals surface area contributed by atoms with E-state index in [0.717, 1.165) is 19.5 Å². The van der Waals surface area contributed by atoms with Crippen LogP contribution in [0.1, 0.15) is 17.5 Å². The third kappa shape index (κ3) is 3.96. The lowest BCUT2D eigenvalue weighted by Crippen LogP contribution is -2.13. The van der Waals surface area contributed by atoms with E-state index in [9.17, 15) is 0 Å². The summed E-state index contributed by atoms with van der Waals surface area (Å²) >= 11 is 0. The largest absolute Gasteiger partial charge is 0.309 e. The van der Waals surface area contributed by atoms with Gasteiger partial charge in [-0.2, -0.15) is 5.10 Å². The van der Waals surface area contributed by atoms with Crippen LogP contribution in [0.25, 0.3) is 0 Å². The zero-order chi connectivity index (χ0) is 12.8. The third-order valence-electron chi connectivity index (χ3n) is 2.87. The molecule has 0 saturated carbocycles. The monoisotopic (exact) mass is 244 g/mol. The Kier molecular flexibility index (Phi) is 4.47. The highest BCUT2D eigenvalue weighted by Gasteiger charge is 1.99. The first-order valence-electron chi connectivity index (χ1n) is 6.29.